The number of carbonyl (C=O) groups excluding carboxylic acids is 1. The highest BCUT2D eigenvalue weighted by Gasteiger charge is 2.12. The normalized spacial score (nSPS) is 10.3. The number of hydrogen-bond acceptors (Lipinski definition) is 2. The highest BCUT2D eigenvalue weighted by atomic mass is 19.1. The number of nitrogens with one attached hydrogen (secondary N) is 1. The second-order valence-electron chi connectivity index (χ2n) is 3.90. The van der Waals surface area contributed by atoms with Crippen LogP contribution < -0.4 is 5.32 Å². The van der Waals surface area contributed by atoms with E-state index in [0.717, 1.165) is 24.4 Å². The van der Waals surface area contributed by atoms with Crippen LogP contribution in [-0.2, 0) is 0 Å². The maximum atomic E-state index is 13.5. The summed E-state index contributed by atoms with van der Waals surface area (Å²) in [7, 11) is 0. The molecule has 1 aromatic heterocycles. The van der Waals surface area contributed by atoms with Crippen molar-refractivity contribution in [2.45, 2.75) is 6.92 Å². The van der Waals surface area contributed by atoms with Gasteiger partial charge in [0.25, 0.3) is 5.91 Å². The van der Waals surface area contributed by atoms with Crippen molar-refractivity contribution in [3.63, 3.8) is 0 Å². The van der Waals surface area contributed by atoms with Gasteiger partial charge in [0.1, 0.15) is 11.6 Å². The summed E-state index contributed by atoms with van der Waals surface area (Å²) in [6.45, 7) is 1.41. The number of halogens is 3. The van der Waals surface area contributed by atoms with Crippen molar-refractivity contribution >= 4 is 11.6 Å². The van der Waals surface area contributed by atoms with Crippen LogP contribution in [0.3, 0.4) is 0 Å². The van der Waals surface area contributed by atoms with Crippen LogP contribution in [0.15, 0.2) is 30.5 Å². The van der Waals surface area contributed by atoms with E-state index in [1.807, 2.05) is 0 Å². The lowest BCUT2D eigenvalue weighted by Gasteiger charge is -2.07. The van der Waals surface area contributed by atoms with E-state index in [4.69, 9.17) is 0 Å². The Bertz CT molecular complexity index is 644. The van der Waals surface area contributed by atoms with Gasteiger partial charge in [0.15, 0.2) is 0 Å². The monoisotopic (exact) mass is 266 g/mol. The smallest absolute Gasteiger partial charge is 0.255 e. The maximum Gasteiger partial charge on any atom is 0.255 e. The molecule has 0 atom stereocenters. The van der Waals surface area contributed by atoms with Gasteiger partial charge in [-0.2, -0.15) is 4.39 Å². The Morgan fingerprint density at radius 1 is 1.16 bits per heavy atom. The van der Waals surface area contributed by atoms with Gasteiger partial charge in [0.05, 0.1) is 5.69 Å². The predicted octanol–water partition coefficient (Wildman–Crippen LogP) is 3.06. The third kappa shape index (κ3) is 2.90. The summed E-state index contributed by atoms with van der Waals surface area (Å²) in [4.78, 5) is 15.0. The number of hydrogen-bond donors (Lipinski definition) is 1. The molecule has 0 saturated heterocycles. The number of aryl methyl sites for hydroxylation is 1. The number of nitrogens with zero attached hydrogens (tertiary/aromatic N) is 1. The molecule has 0 saturated carbocycles. The molecule has 19 heavy (non-hydrogen) atoms. The first-order valence-electron chi connectivity index (χ1n) is 5.36. The molecule has 98 valence electrons. The van der Waals surface area contributed by atoms with Crippen molar-refractivity contribution in [2.75, 3.05) is 5.32 Å². The first-order valence-corrected chi connectivity index (χ1v) is 5.36. The summed E-state index contributed by atoms with van der Waals surface area (Å²) in [5.74, 6) is -2.98. The van der Waals surface area contributed by atoms with Crippen LogP contribution in [0.2, 0.25) is 0 Å². The second-order valence-corrected chi connectivity index (χ2v) is 3.90. The van der Waals surface area contributed by atoms with Crippen LogP contribution in [-0.4, -0.2) is 10.9 Å². The standard InChI is InChI=1S/C13H9F3N2O/c1-7-4-10(15)11(6-9(7)14)18-13(19)8-2-3-17-12(16)5-8/h2-6H,1H3,(H,18,19). The minimum Gasteiger partial charge on any atom is -0.319 e. The van der Waals surface area contributed by atoms with Gasteiger partial charge in [-0.15, -0.1) is 0 Å². The van der Waals surface area contributed by atoms with Crippen molar-refractivity contribution < 1.29 is 18.0 Å². The topological polar surface area (TPSA) is 42.0 Å². The molecule has 0 fully saturated rings. The van der Waals surface area contributed by atoms with Crippen LogP contribution >= 0.6 is 0 Å². The van der Waals surface area contributed by atoms with Crippen LogP contribution in [0.4, 0.5) is 18.9 Å². The fourth-order valence-corrected chi connectivity index (χ4v) is 1.48. The van der Waals surface area contributed by atoms with Gasteiger partial charge >= 0.3 is 0 Å². The SMILES string of the molecule is Cc1cc(F)c(NC(=O)c2ccnc(F)c2)cc1F. The molecule has 6 heteroatoms. The Hall–Kier alpha value is -2.37. The molecular weight excluding hydrogens is 257 g/mol. The third-order valence-electron chi connectivity index (χ3n) is 2.49. The van der Waals surface area contributed by atoms with Crippen molar-refractivity contribution in [3.05, 3.63) is 59.2 Å². The zero-order valence-corrected chi connectivity index (χ0v) is 9.88. The molecule has 1 aromatic carbocycles. The van der Waals surface area contributed by atoms with Crippen molar-refractivity contribution in [3.8, 4) is 0 Å². The Balaban J connectivity index is 2.27. The summed E-state index contributed by atoms with van der Waals surface area (Å²) in [6, 6.07) is 4.01. The van der Waals surface area contributed by atoms with Gasteiger partial charge in [-0.25, -0.2) is 13.8 Å². The average Bonchev–Trinajstić information content (AvgIpc) is 2.36. The van der Waals surface area contributed by atoms with E-state index in [2.05, 4.69) is 10.3 Å². The van der Waals surface area contributed by atoms with Crippen molar-refractivity contribution in [2.24, 2.45) is 0 Å². The molecule has 1 heterocycles. The predicted molar refractivity (Wildman–Crippen MR) is 63.2 cm³/mol. The number of carbonyl (C=O) groups is 1. The molecule has 0 aliphatic carbocycles. The summed E-state index contributed by atoms with van der Waals surface area (Å²) in [5.41, 5.74) is -0.205. The quantitative estimate of drug-likeness (QED) is 0.849. The number of anilines is 1. The van der Waals surface area contributed by atoms with E-state index in [1.165, 1.54) is 13.0 Å². The van der Waals surface area contributed by atoms with E-state index in [1.54, 1.807) is 0 Å². The van der Waals surface area contributed by atoms with Gasteiger partial charge < -0.3 is 5.32 Å². The Morgan fingerprint density at radius 3 is 2.58 bits per heavy atom. The first kappa shape index (κ1) is 13.1. The van der Waals surface area contributed by atoms with Gasteiger partial charge in [0.2, 0.25) is 5.95 Å². The molecule has 0 radical (unpaired) electrons. The van der Waals surface area contributed by atoms with Crippen LogP contribution in [0.25, 0.3) is 0 Å². The lowest BCUT2D eigenvalue weighted by Crippen LogP contribution is -2.14. The van der Waals surface area contributed by atoms with Gasteiger partial charge in [-0.05, 0) is 24.6 Å². The van der Waals surface area contributed by atoms with Gasteiger partial charge in [0, 0.05) is 23.9 Å². The summed E-state index contributed by atoms with van der Waals surface area (Å²) < 4.78 is 39.6. The fraction of sp³-hybridized carbons (Fsp3) is 0.0769. The first-order chi connectivity index (χ1) is 8.97. The third-order valence-corrected chi connectivity index (χ3v) is 2.49. The number of benzene rings is 1. The highest BCUT2D eigenvalue weighted by molar-refractivity contribution is 6.04. The summed E-state index contributed by atoms with van der Waals surface area (Å²) in [5, 5.41) is 2.17. The number of pyridine rings is 1. The van der Waals surface area contributed by atoms with E-state index in [0.29, 0.717) is 0 Å². The molecule has 2 aromatic rings. The minimum absolute atomic E-state index is 0.0344. The fourth-order valence-electron chi connectivity index (χ4n) is 1.48. The molecule has 0 spiro atoms. The molecular formula is C13H9F3N2O. The van der Waals surface area contributed by atoms with Gasteiger partial charge in [-0.3, -0.25) is 4.79 Å². The summed E-state index contributed by atoms with van der Waals surface area (Å²) in [6.07, 6.45) is 1.11. The lowest BCUT2D eigenvalue weighted by molar-refractivity contribution is 0.102. The lowest BCUT2D eigenvalue weighted by atomic mass is 10.2. The van der Waals surface area contributed by atoms with E-state index < -0.39 is 23.5 Å². The molecule has 0 unspecified atom stereocenters. The van der Waals surface area contributed by atoms with E-state index >= 15 is 0 Å². The molecule has 3 nitrogen and oxygen atoms in total. The maximum absolute atomic E-state index is 13.5. The minimum atomic E-state index is -0.830. The molecule has 0 bridgehead atoms. The number of aromatic nitrogens is 1. The molecule has 0 aliphatic heterocycles. The highest BCUT2D eigenvalue weighted by Crippen LogP contribution is 2.19. The molecule has 1 N–H and O–H groups in total. The Labute approximate surface area is 107 Å². The molecule has 2 rings (SSSR count). The number of rotatable bonds is 2. The number of amides is 1. The Kier molecular flexibility index (Phi) is 3.50. The van der Waals surface area contributed by atoms with Crippen molar-refractivity contribution in [1.82, 2.24) is 4.98 Å². The molecule has 0 aliphatic rings. The zero-order chi connectivity index (χ0) is 14.0. The van der Waals surface area contributed by atoms with Crippen LogP contribution in [0.5, 0.6) is 0 Å². The van der Waals surface area contributed by atoms with E-state index in [9.17, 15) is 18.0 Å². The van der Waals surface area contributed by atoms with Crippen molar-refractivity contribution in [1.29, 1.82) is 0 Å². The summed E-state index contributed by atoms with van der Waals surface area (Å²) >= 11 is 0. The zero-order valence-electron chi connectivity index (χ0n) is 9.88. The van der Waals surface area contributed by atoms with Crippen LogP contribution in [0.1, 0.15) is 15.9 Å². The van der Waals surface area contributed by atoms with E-state index in [-0.39, 0.29) is 16.8 Å². The average molecular weight is 266 g/mol. The largest absolute Gasteiger partial charge is 0.319 e. The Morgan fingerprint density at radius 2 is 1.89 bits per heavy atom. The van der Waals surface area contributed by atoms with Gasteiger partial charge in [-0.1, -0.05) is 0 Å². The second kappa shape index (κ2) is 5.09. The molecule has 1 amide bonds. The van der Waals surface area contributed by atoms with Crippen LogP contribution in [0, 0.1) is 24.5 Å².